The molecule has 4 nitrogen and oxygen atoms in total. The molecule has 0 aromatic heterocycles. The predicted molar refractivity (Wildman–Crippen MR) is 173 cm³/mol. The summed E-state index contributed by atoms with van der Waals surface area (Å²) in [5, 5.41) is 39.8. The van der Waals surface area contributed by atoms with Crippen LogP contribution < -0.4 is 0 Å². The minimum atomic E-state index is -4.91. The van der Waals surface area contributed by atoms with E-state index in [4.69, 9.17) is 0 Å². The summed E-state index contributed by atoms with van der Waals surface area (Å²) in [5.41, 5.74) is 1.28. The van der Waals surface area contributed by atoms with Crippen molar-refractivity contribution < 1.29 is 35.1 Å². The van der Waals surface area contributed by atoms with Crippen LogP contribution in [0.4, 0.5) is 35.1 Å². The van der Waals surface area contributed by atoms with Crippen LogP contribution in [0, 0.1) is 57.0 Å². The number of nitrogens with zero attached hydrogens (tertiary/aromatic N) is 4. The van der Waals surface area contributed by atoms with Crippen LogP contribution in [0.2, 0.25) is 0 Å². The monoisotopic (exact) mass is 702 g/mol. The molecule has 0 saturated heterocycles. The van der Waals surface area contributed by atoms with Crippen LogP contribution >= 0.6 is 0 Å². The Bertz CT molecular complexity index is 2450. The highest BCUT2D eigenvalue weighted by Crippen LogP contribution is 2.54. The molecular weight excluding hydrogens is 688 g/mol. The van der Waals surface area contributed by atoms with Gasteiger partial charge in [-0.05, 0) is 115 Å². The summed E-state index contributed by atoms with van der Waals surface area (Å²) in [4.78, 5) is 0. The number of rotatable bonds is 2. The zero-order chi connectivity index (χ0) is 37.3. The first-order chi connectivity index (χ1) is 24.7. The number of fused-ring (bicyclic) bond motifs is 6. The van der Waals surface area contributed by atoms with E-state index in [-0.39, 0.29) is 33.4 Å². The third-order valence-corrected chi connectivity index (χ3v) is 9.02. The molecule has 0 N–H and O–H groups in total. The van der Waals surface area contributed by atoms with Crippen LogP contribution in [-0.4, -0.2) is 0 Å². The first-order valence-electron chi connectivity index (χ1n) is 15.0. The maximum atomic E-state index is 14.5. The molecule has 250 valence electrons. The molecule has 52 heavy (non-hydrogen) atoms. The van der Waals surface area contributed by atoms with Crippen LogP contribution in [0.15, 0.2) is 96.1 Å². The number of halogens is 8. The molecule has 0 radical (unpaired) electrons. The van der Waals surface area contributed by atoms with Crippen molar-refractivity contribution >= 4 is 11.1 Å². The number of hydrogen-bond acceptors (Lipinski definition) is 4. The number of hydrogen-bond donors (Lipinski definition) is 0. The molecular formula is C40H14F8N4. The second-order valence-electron chi connectivity index (χ2n) is 11.8. The quantitative estimate of drug-likeness (QED) is 0.132. The summed E-state index contributed by atoms with van der Waals surface area (Å²) in [6.45, 7) is 0. The second-order valence-corrected chi connectivity index (χ2v) is 11.8. The third kappa shape index (κ3) is 5.18. The fourth-order valence-corrected chi connectivity index (χ4v) is 6.74. The molecule has 5 aromatic rings. The average Bonchev–Trinajstić information content (AvgIpc) is 3.58. The Kier molecular flexibility index (Phi) is 7.60. The molecule has 0 bridgehead atoms. The first-order valence-corrected chi connectivity index (χ1v) is 15.0. The van der Waals surface area contributed by atoms with Crippen LogP contribution in [-0.2, 0) is 12.4 Å². The van der Waals surface area contributed by atoms with Gasteiger partial charge in [-0.15, -0.1) is 0 Å². The van der Waals surface area contributed by atoms with E-state index in [2.05, 4.69) is 0 Å². The van der Waals surface area contributed by atoms with Crippen LogP contribution in [0.25, 0.3) is 55.7 Å². The Balaban J connectivity index is 1.42. The third-order valence-electron chi connectivity index (χ3n) is 9.02. The lowest BCUT2D eigenvalue weighted by molar-refractivity contribution is -0.140. The van der Waals surface area contributed by atoms with Gasteiger partial charge in [0.1, 0.15) is 47.1 Å². The number of benzene rings is 5. The van der Waals surface area contributed by atoms with Crippen molar-refractivity contribution in [3.8, 4) is 68.8 Å². The summed E-state index contributed by atoms with van der Waals surface area (Å²) in [7, 11) is 0. The predicted octanol–water partition coefficient (Wildman–Crippen LogP) is 11.0. The summed E-state index contributed by atoms with van der Waals surface area (Å²) >= 11 is 0. The Labute approximate surface area is 289 Å². The molecule has 0 spiro atoms. The van der Waals surface area contributed by atoms with E-state index in [1.807, 2.05) is 24.3 Å². The molecule has 2 aliphatic rings. The van der Waals surface area contributed by atoms with Gasteiger partial charge in [0.2, 0.25) is 0 Å². The molecule has 0 fully saturated rings. The van der Waals surface area contributed by atoms with Gasteiger partial charge in [0.25, 0.3) is 0 Å². The zero-order valence-corrected chi connectivity index (χ0v) is 25.9. The van der Waals surface area contributed by atoms with Crippen LogP contribution in [0.1, 0.15) is 33.4 Å². The van der Waals surface area contributed by atoms with E-state index >= 15 is 0 Å². The Hall–Kier alpha value is -7.02. The number of allylic oxidation sites excluding steroid dienone is 2. The van der Waals surface area contributed by atoms with Gasteiger partial charge in [0.15, 0.2) is 0 Å². The zero-order valence-electron chi connectivity index (χ0n) is 25.9. The van der Waals surface area contributed by atoms with E-state index in [1.165, 1.54) is 24.3 Å². The van der Waals surface area contributed by atoms with Crippen molar-refractivity contribution in [2.75, 3.05) is 0 Å². The molecule has 12 heteroatoms. The van der Waals surface area contributed by atoms with Gasteiger partial charge < -0.3 is 0 Å². The normalized spacial score (nSPS) is 12.5. The minimum absolute atomic E-state index is 0.108. The van der Waals surface area contributed by atoms with E-state index in [1.54, 1.807) is 24.3 Å². The SMILES string of the molecule is N#CC(C#N)=C1c2cc(-c3ccc(C(F)(F)F)c(F)c3)ccc2-c2cc3c(cc21)-c1ccc(-c2ccc(C(F)(F)F)c(F)c2)cc1C3=C(C#N)C#N. The van der Waals surface area contributed by atoms with E-state index in [0.29, 0.717) is 67.8 Å². The average molecular weight is 703 g/mol. The van der Waals surface area contributed by atoms with Crippen molar-refractivity contribution in [3.05, 3.63) is 141 Å². The minimum Gasteiger partial charge on any atom is -0.206 e. The van der Waals surface area contributed by atoms with Gasteiger partial charge in [-0.25, -0.2) is 8.78 Å². The van der Waals surface area contributed by atoms with Crippen LogP contribution in [0.5, 0.6) is 0 Å². The largest absolute Gasteiger partial charge is 0.419 e. The van der Waals surface area contributed by atoms with Gasteiger partial charge >= 0.3 is 12.4 Å². The fraction of sp³-hybridized carbons (Fsp3) is 0.0500. The molecule has 2 aliphatic carbocycles. The number of nitriles is 4. The molecule has 0 atom stereocenters. The molecule has 0 heterocycles. The maximum Gasteiger partial charge on any atom is 0.419 e. The van der Waals surface area contributed by atoms with Crippen LogP contribution in [0.3, 0.4) is 0 Å². The smallest absolute Gasteiger partial charge is 0.206 e. The Morgan fingerprint density at radius 3 is 1.00 bits per heavy atom. The molecule has 0 unspecified atom stereocenters. The highest BCUT2D eigenvalue weighted by atomic mass is 19.4. The summed E-state index contributed by atoms with van der Waals surface area (Å²) in [6.07, 6.45) is -9.81. The topological polar surface area (TPSA) is 95.2 Å². The van der Waals surface area contributed by atoms with E-state index < -0.39 is 35.1 Å². The van der Waals surface area contributed by atoms with Gasteiger partial charge in [-0.2, -0.15) is 47.4 Å². The standard InChI is InChI=1S/C40H14F8N4/c41-35-11-21(3-7-33(35)39(43,44)45)19-1-5-25-27-13-32-28(14-31(27)37(29(25)9-19)23(15-49)16-50)26-6-2-20(10-30(26)38(32)24(17-51)18-52)22-4-8-34(36(42)12-22)40(46,47)48/h1-14H. The summed E-state index contributed by atoms with van der Waals surface area (Å²) in [5.74, 6) is -2.96. The van der Waals surface area contributed by atoms with Gasteiger partial charge in [-0.1, -0.05) is 36.4 Å². The van der Waals surface area contributed by atoms with Crippen molar-refractivity contribution in [2.45, 2.75) is 12.4 Å². The maximum absolute atomic E-state index is 14.5. The molecule has 0 aliphatic heterocycles. The van der Waals surface area contributed by atoms with E-state index in [0.717, 1.165) is 24.3 Å². The molecule has 0 amide bonds. The summed E-state index contributed by atoms with van der Waals surface area (Å²) in [6, 6.07) is 25.1. The highest BCUT2D eigenvalue weighted by molar-refractivity contribution is 6.11. The van der Waals surface area contributed by atoms with Crippen molar-refractivity contribution in [1.29, 1.82) is 21.0 Å². The number of alkyl halides is 6. The molecule has 0 saturated carbocycles. The lowest BCUT2D eigenvalue weighted by atomic mass is 9.93. The van der Waals surface area contributed by atoms with Crippen molar-refractivity contribution in [3.63, 3.8) is 0 Å². The van der Waals surface area contributed by atoms with Gasteiger partial charge in [0.05, 0.1) is 11.1 Å². The highest BCUT2D eigenvalue weighted by Gasteiger charge is 2.37. The fourth-order valence-electron chi connectivity index (χ4n) is 6.74. The lowest BCUT2D eigenvalue weighted by Crippen LogP contribution is -2.07. The lowest BCUT2D eigenvalue weighted by Gasteiger charge is -2.11. The Morgan fingerprint density at radius 1 is 0.385 bits per heavy atom. The second kappa shape index (κ2) is 11.8. The molecule has 5 aromatic carbocycles. The van der Waals surface area contributed by atoms with Crippen molar-refractivity contribution in [1.82, 2.24) is 0 Å². The van der Waals surface area contributed by atoms with Crippen molar-refractivity contribution in [2.24, 2.45) is 0 Å². The van der Waals surface area contributed by atoms with Gasteiger partial charge in [0, 0.05) is 11.1 Å². The Morgan fingerprint density at radius 2 is 0.692 bits per heavy atom. The van der Waals surface area contributed by atoms with Gasteiger partial charge in [-0.3, -0.25) is 0 Å². The van der Waals surface area contributed by atoms with E-state index in [9.17, 15) is 56.2 Å². The first kappa shape index (κ1) is 33.5. The summed E-state index contributed by atoms with van der Waals surface area (Å²) < 4.78 is 108. The molecule has 7 rings (SSSR count).